The average molecular weight is 201 g/mol. The number of aliphatic hydroxyl groups is 1. The maximum Gasteiger partial charge on any atom is 0.139 e. The van der Waals surface area contributed by atoms with Crippen LogP contribution in [-0.2, 0) is 0 Å². The van der Waals surface area contributed by atoms with Gasteiger partial charge in [0.1, 0.15) is 6.10 Å². The summed E-state index contributed by atoms with van der Waals surface area (Å²) in [7, 11) is 0. The summed E-state index contributed by atoms with van der Waals surface area (Å²) in [5.74, 6) is 0. The standard InChI is InChI=1S/C11H11N3O/c1-8-3-2-4-9(14-8)11(15)10-7-12-5-6-13-10/h2-7,11,15H,1H3. The summed E-state index contributed by atoms with van der Waals surface area (Å²) in [6.07, 6.45) is 3.85. The minimum absolute atomic E-state index is 0.510. The summed E-state index contributed by atoms with van der Waals surface area (Å²) >= 11 is 0. The Balaban J connectivity index is 2.32. The van der Waals surface area contributed by atoms with Crippen molar-refractivity contribution in [2.75, 3.05) is 0 Å². The number of rotatable bonds is 2. The van der Waals surface area contributed by atoms with Gasteiger partial charge in [-0.05, 0) is 19.1 Å². The Hall–Kier alpha value is -1.81. The van der Waals surface area contributed by atoms with Gasteiger partial charge in [-0.3, -0.25) is 15.0 Å². The van der Waals surface area contributed by atoms with Crippen LogP contribution in [0.1, 0.15) is 23.2 Å². The molecule has 0 amide bonds. The van der Waals surface area contributed by atoms with Crippen LogP contribution in [0.3, 0.4) is 0 Å². The lowest BCUT2D eigenvalue weighted by Gasteiger charge is -2.08. The fourth-order valence-electron chi connectivity index (χ4n) is 1.32. The van der Waals surface area contributed by atoms with Crippen molar-refractivity contribution in [2.24, 2.45) is 0 Å². The van der Waals surface area contributed by atoms with Crippen molar-refractivity contribution < 1.29 is 5.11 Å². The highest BCUT2D eigenvalue weighted by molar-refractivity contribution is 5.19. The number of hydrogen-bond donors (Lipinski definition) is 1. The quantitative estimate of drug-likeness (QED) is 0.794. The molecule has 0 aliphatic rings. The van der Waals surface area contributed by atoms with Gasteiger partial charge in [0.25, 0.3) is 0 Å². The van der Waals surface area contributed by atoms with Gasteiger partial charge in [-0.15, -0.1) is 0 Å². The van der Waals surface area contributed by atoms with E-state index in [2.05, 4.69) is 15.0 Å². The average Bonchev–Trinajstić information content (AvgIpc) is 2.29. The molecule has 76 valence electrons. The number of aliphatic hydroxyl groups excluding tert-OH is 1. The summed E-state index contributed by atoms with van der Waals surface area (Å²) in [4.78, 5) is 12.2. The predicted octanol–water partition coefficient (Wildman–Crippen LogP) is 1.26. The number of aromatic nitrogens is 3. The van der Waals surface area contributed by atoms with Crippen molar-refractivity contribution in [1.82, 2.24) is 15.0 Å². The summed E-state index contributed by atoms with van der Waals surface area (Å²) in [6.45, 7) is 1.88. The van der Waals surface area contributed by atoms with Gasteiger partial charge in [0, 0.05) is 18.1 Å². The Kier molecular flexibility index (Phi) is 2.69. The summed E-state index contributed by atoms with van der Waals surface area (Å²) < 4.78 is 0. The van der Waals surface area contributed by atoms with Crippen molar-refractivity contribution in [1.29, 1.82) is 0 Å². The molecular weight excluding hydrogens is 190 g/mol. The first-order chi connectivity index (χ1) is 7.27. The number of nitrogens with zero attached hydrogens (tertiary/aromatic N) is 3. The molecule has 2 rings (SSSR count). The van der Waals surface area contributed by atoms with Gasteiger partial charge in [-0.2, -0.15) is 0 Å². The van der Waals surface area contributed by atoms with E-state index in [1.54, 1.807) is 18.5 Å². The zero-order valence-electron chi connectivity index (χ0n) is 8.33. The molecule has 0 aliphatic carbocycles. The van der Waals surface area contributed by atoms with Crippen LogP contribution in [0.5, 0.6) is 0 Å². The van der Waals surface area contributed by atoms with Crippen LogP contribution in [0, 0.1) is 6.92 Å². The van der Waals surface area contributed by atoms with Crippen LogP contribution in [0.4, 0.5) is 0 Å². The molecule has 0 radical (unpaired) electrons. The largest absolute Gasteiger partial charge is 0.380 e. The Morgan fingerprint density at radius 3 is 2.73 bits per heavy atom. The molecule has 0 bridgehead atoms. The second-order valence-electron chi connectivity index (χ2n) is 3.24. The smallest absolute Gasteiger partial charge is 0.139 e. The van der Waals surface area contributed by atoms with E-state index in [9.17, 15) is 5.11 Å². The maximum atomic E-state index is 9.95. The van der Waals surface area contributed by atoms with Gasteiger partial charge in [-0.25, -0.2) is 0 Å². The van der Waals surface area contributed by atoms with Crippen LogP contribution >= 0.6 is 0 Å². The van der Waals surface area contributed by atoms with Crippen LogP contribution in [0.15, 0.2) is 36.8 Å². The van der Waals surface area contributed by atoms with Gasteiger partial charge < -0.3 is 5.11 Å². The van der Waals surface area contributed by atoms with Crippen molar-refractivity contribution in [3.63, 3.8) is 0 Å². The molecule has 0 aromatic carbocycles. The molecule has 1 atom stereocenters. The Morgan fingerprint density at radius 2 is 2.07 bits per heavy atom. The van der Waals surface area contributed by atoms with Crippen LogP contribution in [-0.4, -0.2) is 20.1 Å². The lowest BCUT2D eigenvalue weighted by atomic mass is 10.1. The van der Waals surface area contributed by atoms with E-state index in [-0.39, 0.29) is 0 Å². The zero-order chi connectivity index (χ0) is 10.7. The molecule has 1 N–H and O–H groups in total. The number of aryl methyl sites for hydroxylation is 1. The van der Waals surface area contributed by atoms with E-state index < -0.39 is 6.10 Å². The van der Waals surface area contributed by atoms with Crippen LogP contribution in [0.25, 0.3) is 0 Å². The van der Waals surface area contributed by atoms with Crippen LogP contribution in [0.2, 0.25) is 0 Å². The topological polar surface area (TPSA) is 58.9 Å². The Bertz CT molecular complexity index is 445. The van der Waals surface area contributed by atoms with Crippen LogP contribution < -0.4 is 0 Å². The fourth-order valence-corrected chi connectivity index (χ4v) is 1.32. The van der Waals surface area contributed by atoms with Gasteiger partial charge in [0.2, 0.25) is 0 Å². The first-order valence-corrected chi connectivity index (χ1v) is 4.65. The second-order valence-corrected chi connectivity index (χ2v) is 3.24. The van der Waals surface area contributed by atoms with E-state index in [1.807, 2.05) is 19.1 Å². The molecule has 0 aliphatic heterocycles. The minimum atomic E-state index is -0.807. The van der Waals surface area contributed by atoms with Crippen molar-refractivity contribution >= 4 is 0 Å². The normalized spacial score (nSPS) is 12.4. The highest BCUT2D eigenvalue weighted by Gasteiger charge is 2.12. The third-order valence-electron chi connectivity index (χ3n) is 2.05. The Labute approximate surface area is 87.7 Å². The number of hydrogen-bond acceptors (Lipinski definition) is 4. The molecule has 0 fully saturated rings. The maximum absolute atomic E-state index is 9.95. The second kappa shape index (κ2) is 4.14. The molecule has 4 heteroatoms. The van der Waals surface area contributed by atoms with E-state index in [1.165, 1.54) is 6.20 Å². The van der Waals surface area contributed by atoms with Gasteiger partial charge in [0.15, 0.2) is 0 Å². The molecule has 4 nitrogen and oxygen atoms in total. The van der Waals surface area contributed by atoms with E-state index in [0.29, 0.717) is 11.4 Å². The molecule has 0 spiro atoms. The Morgan fingerprint density at radius 1 is 1.20 bits per heavy atom. The monoisotopic (exact) mass is 201 g/mol. The minimum Gasteiger partial charge on any atom is -0.380 e. The van der Waals surface area contributed by atoms with Gasteiger partial charge in [0.05, 0.1) is 17.6 Å². The van der Waals surface area contributed by atoms with Crippen molar-refractivity contribution in [3.8, 4) is 0 Å². The summed E-state index contributed by atoms with van der Waals surface area (Å²) in [6, 6.07) is 5.51. The van der Waals surface area contributed by atoms with E-state index >= 15 is 0 Å². The molecule has 1 unspecified atom stereocenters. The summed E-state index contributed by atoms with van der Waals surface area (Å²) in [5.41, 5.74) is 1.97. The third kappa shape index (κ3) is 2.16. The van der Waals surface area contributed by atoms with Crippen molar-refractivity contribution in [3.05, 3.63) is 53.9 Å². The molecule has 2 aromatic rings. The summed E-state index contributed by atoms with van der Waals surface area (Å²) in [5, 5.41) is 9.95. The van der Waals surface area contributed by atoms with Gasteiger partial charge >= 0.3 is 0 Å². The SMILES string of the molecule is Cc1cccc(C(O)c2cnccn2)n1. The van der Waals surface area contributed by atoms with E-state index in [0.717, 1.165) is 5.69 Å². The lowest BCUT2D eigenvalue weighted by Crippen LogP contribution is -2.05. The zero-order valence-corrected chi connectivity index (χ0v) is 8.33. The molecule has 2 heterocycles. The lowest BCUT2D eigenvalue weighted by molar-refractivity contribution is 0.209. The molecule has 0 saturated heterocycles. The number of pyridine rings is 1. The third-order valence-corrected chi connectivity index (χ3v) is 2.05. The molecular formula is C11H11N3O. The highest BCUT2D eigenvalue weighted by Crippen LogP contribution is 2.16. The van der Waals surface area contributed by atoms with Gasteiger partial charge in [-0.1, -0.05) is 6.07 Å². The first-order valence-electron chi connectivity index (χ1n) is 4.65. The van der Waals surface area contributed by atoms with E-state index in [4.69, 9.17) is 0 Å². The molecule has 0 saturated carbocycles. The molecule has 2 aromatic heterocycles. The first kappa shape index (κ1) is 9.73. The van der Waals surface area contributed by atoms with Crippen molar-refractivity contribution in [2.45, 2.75) is 13.0 Å². The molecule has 15 heavy (non-hydrogen) atoms. The highest BCUT2D eigenvalue weighted by atomic mass is 16.3. The fraction of sp³-hybridized carbons (Fsp3) is 0.182. The predicted molar refractivity (Wildman–Crippen MR) is 55.1 cm³/mol.